The number of nitrogens with zero attached hydrogens (tertiary/aromatic N) is 2. The zero-order chi connectivity index (χ0) is 13.2. The molecule has 4 nitrogen and oxygen atoms in total. The number of benzene rings is 1. The van der Waals surface area contributed by atoms with E-state index < -0.39 is 5.82 Å². The van der Waals surface area contributed by atoms with E-state index in [0.29, 0.717) is 18.4 Å². The molecule has 1 aliphatic carbocycles. The summed E-state index contributed by atoms with van der Waals surface area (Å²) in [5, 5.41) is 5.86. The molecule has 3 rings (SSSR count). The highest BCUT2D eigenvalue weighted by Crippen LogP contribution is 2.34. The van der Waals surface area contributed by atoms with Crippen LogP contribution >= 0.6 is 0 Å². The predicted molar refractivity (Wildman–Crippen MR) is 72.9 cm³/mol. The molecular formula is C14H15FN4. The highest BCUT2D eigenvalue weighted by Gasteiger charge is 2.25. The summed E-state index contributed by atoms with van der Waals surface area (Å²) in [5.74, 6) is 0.678. The van der Waals surface area contributed by atoms with Crippen molar-refractivity contribution in [2.75, 3.05) is 24.2 Å². The fourth-order valence-electron chi connectivity index (χ4n) is 2.38. The standard InChI is InChI=1S/C14H15FN4/c1-16-14-18-8-12(15)13(19-14)17-7-10-6-9-4-2-3-5-11(9)10/h2-5,8,10H,6-7H2,1H3,(H2,16,17,18,19). The summed E-state index contributed by atoms with van der Waals surface area (Å²) in [6.45, 7) is 0.689. The van der Waals surface area contributed by atoms with Gasteiger partial charge in [-0.05, 0) is 17.5 Å². The third kappa shape index (κ3) is 2.23. The normalized spacial score (nSPS) is 16.4. The molecule has 1 aliphatic rings. The van der Waals surface area contributed by atoms with Gasteiger partial charge in [0, 0.05) is 19.5 Å². The zero-order valence-corrected chi connectivity index (χ0v) is 10.7. The molecule has 5 heteroatoms. The maximum Gasteiger partial charge on any atom is 0.224 e. The summed E-state index contributed by atoms with van der Waals surface area (Å²) in [6.07, 6.45) is 2.21. The number of rotatable bonds is 4. The fourth-order valence-corrected chi connectivity index (χ4v) is 2.38. The van der Waals surface area contributed by atoms with Crippen molar-refractivity contribution in [3.63, 3.8) is 0 Å². The molecule has 2 aromatic rings. The molecule has 0 saturated heterocycles. The summed E-state index contributed by atoms with van der Waals surface area (Å²) < 4.78 is 13.6. The minimum atomic E-state index is -0.424. The third-order valence-corrected chi connectivity index (χ3v) is 3.44. The van der Waals surface area contributed by atoms with E-state index >= 15 is 0 Å². The van der Waals surface area contributed by atoms with Crippen LogP contribution in [0.5, 0.6) is 0 Å². The number of nitrogens with one attached hydrogen (secondary N) is 2. The van der Waals surface area contributed by atoms with Crippen molar-refractivity contribution in [2.45, 2.75) is 12.3 Å². The summed E-state index contributed by atoms with van der Waals surface area (Å²) >= 11 is 0. The van der Waals surface area contributed by atoms with Crippen LogP contribution in [0.15, 0.2) is 30.5 Å². The van der Waals surface area contributed by atoms with E-state index in [-0.39, 0.29) is 5.82 Å². The smallest absolute Gasteiger partial charge is 0.224 e. The predicted octanol–water partition coefficient (Wildman–Crippen LogP) is 2.41. The van der Waals surface area contributed by atoms with Gasteiger partial charge < -0.3 is 10.6 Å². The molecule has 1 heterocycles. The minimum absolute atomic E-state index is 0.253. The van der Waals surface area contributed by atoms with Gasteiger partial charge in [-0.15, -0.1) is 0 Å². The SMILES string of the molecule is CNc1ncc(F)c(NCC2Cc3ccccc32)n1. The van der Waals surface area contributed by atoms with E-state index in [4.69, 9.17) is 0 Å². The second-order valence-corrected chi connectivity index (χ2v) is 4.62. The van der Waals surface area contributed by atoms with Gasteiger partial charge in [0.05, 0.1) is 6.20 Å². The summed E-state index contributed by atoms with van der Waals surface area (Å²) in [5.41, 5.74) is 2.73. The highest BCUT2D eigenvalue weighted by atomic mass is 19.1. The van der Waals surface area contributed by atoms with Crippen molar-refractivity contribution in [2.24, 2.45) is 0 Å². The van der Waals surface area contributed by atoms with Gasteiger partial charge in [0.25, 0.3) is 0 Å². The lowest BCUT2D eigenvalue weighted by Crippen LogP contribution is -2.25. The van der Waals surface area contributed by atoms with E-state index in [1.54, 1.807) is 7.05 Å². The van der Waals surface area contributed by atoms with Crippen LogP contribution in [0.2, 0.25) is 0 Å². The summed E-state index contributed by atoms with van der Waals surface area (Å²) in [4.78, 5) is 7.89. The van der Waals surface area contributed by atoms with Crippen LogP contribution in [0.25, 0.3) is 0 Å². The van der Waals surface area contributed by atoms with Gasteiger partial charge in [-0.25, -0.2) is 9.37 Å². The Hall–Kier alpha value is -2.17. The van der Waals surface area contributed by atoms with Gasteiger partial charge in [0.2, 0.25) is 5.95 Å². The van der Waals surface area contributed by atoms with Crippen LogP contribution in [0.3, 0.4) is 0 Å². The Morgan fingerprint density at radius 2 is 2.21 bits per heavy atom. The second-order valence-electron chi connectivity index (χ2n) is 4.62. The van der Waals surface area contributed by atoms with E-state index in [1.807, 2.05) is 12.1 Å². The number of halogens is 1. The van der Waals surface area contributed by atoms with Crippen molar-refractivity contribution in [3.05, 3.63) is 47.4 Å². The van der Waals surface area contributed by atoms with E-state index in [1.165, 1.54) is 17.3 Å². The first-order chi connectivity index (χ1) is 9.28. The molecule has 1 atom stereocenters. The molecule has 0 fully saturated rings. The van der Waals surface area contributed by atoms with Gasteiger partial charge in [0.15, 0.2) is 11.6 Å². The van der Waals surface area contributed by atoms with Crippen LogP contribution in [-0.4, -0.2) is 23.6 Å². The van der Waals surface area contributed by atoms with Gasteiger partial charge in [-0.2, -0.15) is 4.98 Å². The molecule has 0 radical (unpaired) electrons. The molecule has 2 N–H and O–H groups in total. The first kappa shape index (κ1) is 11.9. The third-order valence-electron chi connectivity index (χ3n) is 3.44. The molecule has 0 spiro atoms. The summed E-state index contributed by atoms with van der Waals surface area (Å²) in [6, 6.07) is 8.35. The van der Waals surface area contributed by atoms with Crippen molar-refractivity contribution in [1.82, 2.24) is 9.97 Å². The van der Waals surface area contributed by atoms with Crippen molar-refractivity contribution in [1.29, 1.82) is 0 Å². The van der Waals surface area contributed by atoms with Crippen LogP contribution < -0.4 is 10.6 Å². The average molecular weight is 258 g/mol. The first-order valence-corrected chi connectivity index (χ1v) is 6.30. The lowest BCUT2D eigenvalue weighted by atomic mass is 9.77. The van der Waals surface area contributed by atoms with Crippen molar-refractivity contribution >= 4 is 11.8 Å². The second kappa shape index (κ2) is 4.84. The summed E-state index contributed by atoms with van der Waals surface area (Å²) in [7, 11) is 1.71. The monoisotopic (exact) mass is 258 g/mol. The highest BCUT2D eigenvalue weighted by molar-refractivity contribution is 5.44. The van der Waals surface area contributed by atoms with Crippen LogP contribution in [0.1, 0.15) is 17.0 Å². The van der Waals surface area contributed by atoms with Crippen LogP contribution in [-0.2, 0) is 6.42 Å². The molecule has 0 bridgehead atoms. The molecule has 0 saturated carbocycles. The largest absolute Gasteiger partial charge is 0.367 e. The van der Waals surface area contributed by atoms with Crippen LogP contribution in [0.4, 0.5) is 16.2 Å². The maximum absolute atomic E-state index is 13.6. The fraction of sp³-hybridized carbons (Fsp3) is 0.286. The quantitative estimate of drug-likeness (QED) is 0.884. The lowest BCUT2D eigenvalue weighted by molar-refractivity contribution is 0.604. The number of aromatic nitrogens is 2. The Labute approximate surface area is 111 Å². The number of hydrogen-bond acceptors (Lipinski definition) is 4. The molecule has 1 aromatic carbocycles. The van der Waals surface area contributed by atoms with Crippen LogP contribution in [0, 0.1) is 5.82 Å². The van der Waals surface area contributed by atoms with Gasteiger partial charge >= 0.3 is 0 Å². The van der Waals surface area contributed by atoms with Gasteiger partial charge in [-0.1, -0.05) is 24.3 Å². The molecule has 98 valence electrons. The number of hydrogen-bond donors (Lipinski definition) is 2. The molecule has 0 amide bonds. The number of fused-ring (bicyclic) bond motifs is 1. The maximum atomic E-state index is 13.6. The molecule has 19 heavy (non-hydrogen) atoms. The Morgan fingerprint density at radius 3 is 3.00 bits per heavy atom. The zero-order valence-electron chi connectivity index (χ0n) is 10.7. The Morgan fingerprint density at radius 1 is 1.37 bits per heavy atom. The van der Waals surface area contributed by atoms with Gasteiger partial charge in [-0.3, -0.25) is 0 Å². The average Bonchev–Trinajstić information content (AvgIpc) is 2.42. The van der Waals surface area contributed by atoms with Crippen molar-refractivity contribution in [3.8, 4) is 0 Å². The molecule has 0 aliphatic heterocycles. The Balaban J connectivity index is 1.68. The topological polar surface area (TPSA) is 49.8 Å². The van der Waals surface area contributed by atoms with Gasteiger partial charge in [0.1, 0.15) is 0 Å². The molecular weight excluding hydrogens is 243 g/mol. The Kier molecular flexibility index (Phi) is 3.03. The first-order valence-electron chi connectivity index (χ1n) is 6.30. The number of anilines is 2. The lowest BCUT2D eigenvalue weighted by Gasteiger charge is -2.30. The van der Waals surface area contributed by atoms with E-state index in [9.17, 15) is 4.39 Å². The van der Waals surface area contributed by atoms with Crippen molar-refractivity contribution < 1.29 is 4.39 Å². The van der Waals surface area contributed by atoms with E-state index in [2.05, 4.69) is 32.7 Å². The molecule has 1 aromatic heterocycles. The Bertz CT molecular complexity index is 600. The van der Waals surface area contributed by atoms with E-state index in [0.717, 1.165) is 6.42 Å². The minimum Gasteiger partial charge on any atom is -0.367 e. The molecule has 1 unspecified atom stereocenters.